The first-order valence-electron chi connectivity index (χ1n) is 9.14. The minimum atomic E-state index is 0.0313. The third kappa shape index (κ3) is 4.37. The van der Waals surface area contributed by atoms with E-state index in [-0.39, 0.29) is 18.0 Å². The highest BCUT2D eigenvalue weighted by atomic mass is 16.5. The Morgan fingerprint density at radius 2 is 2.04 bits per heavy atom. The van der Waals surface area contributed by atoms with Crippen LogP contribution in [0.15, 0.2) is 0 Å². The fraction of sp³-hybridized carbons (Fsp3) is 0.882. The molecule has 3 fully saturated rings. The highest BCUT2D eigenvalue weighted by molar-refractivity contribution is 5.78. The van der Waals surface area contributed by atoms with Crippen LogP contribution in [0.2, 0.25) is 0 Å². The Kier molecular flexibility index (Phi) is 5.75. The Hall–Kier alpha value is -1.30. The number of urea groups is 1. The van der Waals surface area contributed by atoms with Crippen LogP contribution >= 0.6 is 0 Å². The second-order valence-corrected chi connectivity index (χ2v) is 7.01. The molecule has 0 bridgehead atoms. The van der Waals surface area contributed by atoms with Crippen molar-refractivity contribution in [3.8, 4) is 0 Å². The molecule has 3 rings (SSSR count). The van der Waals surface area contributed by atoms with Gasteiger partial charge in [0.25, 0.3) is 0 Å². The van der Waals surface area contributed by atoms with Gasteiger partial charge in [-0.25, -0.2) is 4.79 Å². The van der Waals surface area contributed by atoms with Crippen molar-refractivity contribution in [3.63, 3.8) is 0 Å². The summed E-state index contributed by atoms with van der Waals surface area (Å²) in [6.45, 7) is 4.82. The minimum absolute atomic E-state index is 0.0313. The van der Waals surface area contributed by atoms with E-state index in [0.717, 1.165) is 77.3 Å². The number of ether oxygens (including phenoxy) is 1. The van der Waals surface area contributed by atoms with Crippen LogP contribution in [0.3, 0.4) is 0 Å². The lowest BCUT2D eigenvalue weighted by molar-refractivity contribution is -0.133. The van der Waals surface area contributed by atoms with E-state index in [2.05, 4.69) is 5.32 Å². The minimum Gasteiger partial charge on any atom is -0.381 e. The summed E-state index contributed by atoms with van der Waals surface area (Å²) >= 11 is 0. The highest BCUT2D eigenvalue weighted by Gasteiger charge is 2.32. The highest BCUT2D eigenvalue weighted by Crippen LogP contribution is 2.22. The summed E-state index contributed by atoms with van der Waals surface area (Å²) in [4.78, 5) is 28.1. The molecule has 0 aromatic carbocycles. The molecule has 1 N–H and O–H groups in total. The van der Waals surface area contributed by atoms with E-state index >= 15 is 0 Å². The van der Waals surface area contributed by atoms with Gasteiger partial charge >= 0.3 is 6.03 Å². The monoisotopic (exact) mass is 323 g/mol. The standard InChI is InChI=1S/C17H29N3O3/c21-16(5-1-3-14-6-11-23-12-7-14)19-9-2-4-15(13-19)20-10-8-18-17(20)22/h14-15H,1-13H2,(H,18,22). The zero-order valence-corrected chi connectivity index (χ0v) is 14.0. The number of amides is 3. The summed E-state index contributed by atoms with van der Waals surface area (Å²) in [5.41, 5.74) is 0. The first-order chi connectivity index (χ1) is 11.2. The maximum Gasteiger partial charge on any atom is 0.317 e. The topological polar surface area (TPSA) is 61.9 Å². The van der Waals surface area contributed by atoms with Gasteiger partial charge in [0.1, 0.15) is 0 Å². The molecule has 0 spiro atoms. The zero-order valence-electron chi connectivity index (χ0n) is 14.0. The number of rotatable bonds is 5. The van der Waals surface area contributed by atoms with Gasteiger partial charge in [-0.05, 0) is 44.4 Å². The number of hydrogen-bond donors (Lipinski definition) is 1. The molecule has 0 aromatic heterocycles. The summed E-state index contributed by atoms with van der Waals surface area (Å²) in [5.74, 6) is 1.00. The first kappa shape index (κ1) is 16.6. The maximum atomic E-state index is 12.5. The van der Waals surface area contributed by atoms with Crippen LogP contribution in [0.4, 0.5) is 4.79 Å². The summed E-state index contributed by atoms with van der Waals surface area (Å²) in [6.07, 6.45) is 7.07. The van der Waals surface area contributed by atoms with E-state index in [0.29, 0.717) is 13.0 Å². The molecule has 3 aliphatic rings. The molecule has 3 amide bonds. The molecule has 1 unspecified atom stereocenters. The van der Waals surface area contributed by atoms with Crippen molar-refractivity contribution < 1.29 is 14.3 Å². The smallest absolute Gasteiger partial charge is 0.317 e. The number of likely N-dealkylation sites (tertiary alicyclic amines) is 1. The van der Waals surface area contributed by atoms with Gasteiger partial charge in [0.2, 0.25) is 5.91 Å². The molecule has 0 saturated carbocycles. The van der Waals surface area contributed by atoms with Crippen molar-refractivity contribution >= 4 is 11.9 Å². The molecule has 1 atom stereocenters. The molecular formula is C17H29N3O3. The lowest BCUT2D eigenvalue weighted by Crippen LogP contribution is -2.50. The third-order valence-electron chi connectivity index (χ3n) is 5.42. The van der Waals surface area contributed by atoms with Crippen molar-refractivity contribution in [1.82, 2.24) is 15.1 Å². The number of carbonyl (C=O) groups is 2. The van der Waals surface area contributed by atoms with Crippen molar-refractivity contribution in [2.45, 2.75) is 51.0 Å². The Morgan fingerprint density at radius 1 is 1.22 bits per heavy atom. The van der Waals surface area contributed by atoms with E-state index in [9.17, 15) is 9.59 Å². The molecule has 23 heavy (non-hydrogen) atoms. The van der Waals surface area contributed by atoms with Crippen LogP contribution in [-0.4, -0.2) is 67.2 Å². The summed E-state index contributed by atoms with van der Waals surface area (Å²) in [7, 11) is 0. The molecule has 0 aliphatic carbocycles. The molecule has 3 aliphatic heterocycles. The predicted octanol–water partition coefficient (Wildman–Crippen LogP) is 1.60. The Morgan fingerprint density at radius 3 is 2.78 bits per heavy atom. The normalized spacial score (nSPS) is 26.4. The average Bonchev–Trinajstić information content (AvgIpc) is 3.02. The van der Waals surface area contributed by atoms with E-state index in [1.165, 1.54) is 0 Å². The summed E-state index contributed by atoms with van der Waals surface area (Å²) < 4.78 is 5.38. The van der Waals surface area contributed by atoms with Gasteiger partial charge in [-0.3, -0.25) is 4.79 Å². The van der Waals surface area contributed by atoms with Gasteiger partial charge in [0, 0.05) is 45.8 Å². The molecule has 0 radical (unpaired) electrons. The van der Waals surface area contributed by atoms with Gasteiger partial charge in [0.15, 0.2) is 0 Å². The second kappa shape index (κ2) is 7.99. The van der Waals surface area contributed by atoms with Crippen LogP contribution in [0.25, 0.3) is 0 Å². The van der Waals surface area contributed by atoms with E-state index < -0.39 is 0 Å². The van der Waals surface area contributed by atoms with Crippen LogP contribution < -0.4 is 5.32 Å². The fourth-order valence-electron chi connectivity index (χ4n) is 4.01. The average molecular weight is 323 g/mol. The van der Waals surface area contributed by atoms with Gasteiger partial charge in [-0.2, -0.15) is 0 Å². The molecule has 130 valence electrons. The van der Waals surface area contributed by atoms with Crippen molar-refractivity contribution in [2.75, 3.05) is 39.4 Å². The van der Waals surface area contributed by atoms with Crippen molar-refractivity contribution in [3.05, 3.63) is 0 Å². The van der Waals surface area contributed by atoms with Crippen molar-refractivity contribution in [2.24, 2.45) is 5.92 Å². The van der Waals surface area contributed by atoms with Gasteiger partial charge in [0.05, 0.1) is 6.04 Å². The number of nitrogens with zero attached hydrogens (tertiary/aromatic N) is 2. The lowest BCUT2D eigenvalue weighted by Gasteiger charge is -2.37. The van der Waals surface area contributed by atoms with Gasteiger partial charge in [-0.15, -0.1) is 0 Å². The van der Waals surface area contributed by atoms with E-state index in [1.807, 2.05) is 9.80 Å². The third-order valence-corrected chi connectivity index (χ3v) is 5.42. The summed E-state index contributed by atoms with van der Waals surface area (Å²) in [6, 6.07) is 0.231. The van der Waals surface area contributed by atoms with Gasteiger partial charge in [-0.1, -0.05) is 0 Å². The van der Waals surface area contributed by atoms with Crippen LogP contribution in [-0.2, 0) is 9.53 Å². The molecule has 3 saturated heterocycles. The molecular weight excluding hydrogens is 294 g/mol. The largest absolute Gasteiger partial charge is 0.381 e. The van der Waals surface area contributed by atoms with Crippen LogP contribution in [0.1, 0.15) is 44.9 Å². The molecule has 6 heteroatoms. The predicted molar refractivity (Wildman–Crippen MR) is 87.1 cm³/mol. The van der Waals surface area contributed by atoms with Crippen molar-refractivity contribution in [1.29, 1.82) is 0 Å². The maximum absolute atomic E-state index is 12.5. The number of carbonyl (C=O) groups excluding carboxylic acids is 2. The zero-order chi connectivity index (χ0) is 16.1. The first-order valence-corrected chi connectivity index (χ1v) is 9.14. The van der Waals surface area contributed by atoms with E-state index in [1.54, 1.807) is 0 Å². The second-order valence-electron chi connectivity index (χ2n) is 7.01. The Bertz CT molecular complexity index is 423. The fourth-order valence-corrected chi connectivity index (χ4v) is 4.01. The van der Waals surface area contributed by atoms with E-state index in [4.69, 9.17) is 4.74 Å². The molecule has 0 aromatic rings. The molecule has 3 heterocycles. The quantitative estimate of drug-likeness (QED) is 0.836. The van der Waals surface area contributed by atoms with Crippen LogP contribution in [0.5, 0.6) is 0 Å². The van der Waals surface area contributed by atoms with Crippen LogP contribution in [0, 0.1) is 5.92 Å². The SMILES string of the molecule is O=C(CCCC1CCOCC1)N1CCCC(N2CCNC2=O)C1. The Labute approximate surface area is 138 Å². The molecule has 6 nitrogen and oxygen atoms in total. The number of nitrogens with one attached hydrogen (secondary N) is 1. The summed E-state index contributed by atoms with van der Waals surface area (Å²) in [5, 5.41) is 2.85. The lowest BCUT2D eigenvalue weighted by atomic mass is 9.94. The Balaban J connectivity index is 1.40. The number of piperidine rings is 1. The number of hydrogen-bond acceptors (Lipinski definition) is 3. The van der Waals surface area contributed by atoms with Gasteiger partial charge < -0.3 is 19.9 Å².